The largest absolute Gasteiger partial charge is 0.392 e. The van der Waals surface area contributed by atoms with Gasteiger partial charge in [-0.25, -0.2) is 0 Å². The molecule has 0 radical (unpaired) electrons. The molecule has 0 saturated heterocycles. The molecule has 0 aliphatic carbocycles. The molecule has 0 aromatic heterocycles. The summed E-state index contributed by atoms with van der Waals surface area (Å²) in [6, 6.07) is 0.206. The lowest BCUT2D eigenvalue weighted by molar-refractivity contribution is -0.135. The number of nitrogens with two attached hydrogens (primary N) is 1. The fourth-order valence-electron chi connectivity index (χ4n) is 1.73. The lowest BCUT2D eigenvalue weighted by Crippen LogP contribution is -2.36. The Kier molecular flexibility index (Phi) is 7.34. The van der Waals surface area contributed by atoms with Crippen LogP contribution in [-0.4, -0.2) is 41.7 Å². The topological polar surface area (TPSA) is 66.6 Å². The van der Waals surface area contributed by atoms with Crippen LogP contribution in [0.15, 0.2) is 0 Å². The Bertz CT molecular complexity index is 205. The Morgan fingerprint density at radius 2 is 1.88 bits per heavy atom. The van der Waals surface area contributed by atoms with E-state index < -0.39 is 6.10 Å². The third-order valence-electron chi connectivity index (χ3n) is 2.63. The molecule has 0 fully saturated rings. The van der Waals surface area contributed by atoms with Crippen LogP contribution < -0.4 is 5.73 Å². The van der Waals surface area contributed by atoms with Gasteiger partial charge in [0.1, 0.15) is 0 Å². The highest BCUT2D eigenvalue weighted by Crippen LogP contribution is 2.11. The number of aliphatic hydroxyl groups is 1. The van der Waals surface area contributed by atoms with Gasteiger partial charge in [-0.1, -0.05) is 13.3 Å². The SMILES string of the molecule is CC(N)CCCC(C)C(=O)N(C)CC(C)O. The molecule has 0 saturated carbocycles. The molecule has 0 heterocycles. The van der Waals surface area contributed by atoms with Gasteiger partial charge in [-0.2, -0.15) is 0 Å². The van der Waals surface area contributed by atoms with Gasteiger partial charge >= 0.3 is 0 Å². The third-order valence-corrected chi connectivity index (χ3v) is 2.63. The van der Waals surface area contributed by atoms with E-state index in [0.29, 0.717) is 6.54 Å². The van der Waals surface area contributed by atoms with E-state index in [2.05, 4.69) is 0 Å². The van der Waals surface area contributed by atoms with Gasteiger partial charge < -0.3 is 15.7 Å². The molecule has 4 heteroatoms. The molecule has 1 amide bonds. The van der Waals surface area contributed by atoms with E-state index in [1.807, 2.05) is 13.8 Å². The summed E-state index contributed by atoms with van der Waals surface area (Å²) in [6.07, 6.45) is 2.33. The number of rotatable bonds is 7. The van der Waals surface area contributed by atoms with Crippen LogP contribution >= 0.6 is 0 Å². The van der Waals surface area contributed by atoms with Crippen molar-refractivity contribution in [2.45, 2.75) is 52.2 Å². The van der Waals surface area contributed by atoms with E-state index in [4.69, 9.17) is 5.73 Å². The molecule has 3 unspecified atom stereocenters. The van der Waals surface area contributed by atoms with Crippen molar-refractivity contribution in [2.24, 2.45) is 11.7 Å². The zero-order chi connectivity index (χ0) is 12.7. The summed E-state index contributed by atoms with van der Waals surface area (Å²) in [6.45, 7) is 6.00. The number of hydrogen-bond donors (Lipinski definition) is 2. The summed E-state index contributed by atoms with van der Waals surface area (Å²) < 4.78 is 0. The van der Waals surface area contributed by atoms with Crippen LogP contribution in [0.3, 0.4) is 0 Å². The Balaban J connectivity index is 3.88. The molecule has 0 aromatic carbocycles. The molecule has 0 spiro atoms. The summed E-state index contributed by atoms with van der Waals surface area (Å²) in [7, 11) is 1.73. The normalized spacial score (nSPS) is 16.6. The van der Waals surface area contributed by atoms with Crippen LogP contribution in [0.25, 0.3) is 0 Å². The molecule has 3 N–H and O–H groups in total. The Morgan fingerprint density at radius 1 is 1.31 bits per heavy atom. The van der Waals surface area contributed by atoms with Gasteiger partial charge in [-0.05, 0) is 26.7 Å². The van der Waals surface area contributed by atoms with Crippen molar-refractivity contribution in [3.05, 3.63) is 0 Å². The number of carbonyl (C=O) groups is 1. The summed E-state index contributed by atoms with van der Waals surface area (Å²) in [4.78, 5) is 13.4. The molecular weight excluding hydrogens is 204 g/mol. The monoisotopic (exact) mass is 230 g/mol. The van der Waals surface area contributed by atoms with E-state index in [-0.39, 0.29) is 17.9 Å². The zero-order valence-electron chi connectivity index (χ0n) is 10.9. The van der Waals surface area contributed by atoms with Crippen LogP contribution in [0, 0.1) is 5.92 Å². The van der Waals surface area contributed by atoms with Crippen molar-refractivity contribution in [2.75, 3.05) is 13.6 Å². The van der Waals surface area contributed by atoms with E-state index in [9.17, 15) is 9.90 Å². The van der Waals surface area contributed by atoms with Crippen molar-refractivity contribution in [3.8, 4) is 0 Å². The summed E-state index contributed by atoms with van der Waals surface area (Å²) >= 11 is 0. The van der Waals surface area contributed by atoms with Crippen molar-refractivity contribution >= 4 is 5.91 Å². The van der Waals surface area contributed by atoms with E-state index in [1.54, 1.807) is 18.9 Å². The number of amides is 1. The fraction of sp³-hybridized carbons (Fsp3) is 0.917. The minimum Gasteiger partial charge on any atom is -0.392 e. The number of carbonyl (C=O) groups excluding carboxylic acids is 1. The van der Waals surface area contributed by atoms with Crippen molar-refractivity contribution < 1.29 is 9.90 Å². The first-order valence-corrected chi connectivity index (χ1v) is 6.03. The van der Waals surface area contributed by atoms with E-state index in [0.717, 1.165) is 19.3 Å². The van der Waals surface area contributed by atoms with Crippen LogP contribution in [-0.2, 0) is 4.79 Å². The molecule has 4 nitrogen and oxygen atoms in total. The second-order valence-corrected chi connectivity index (χ2v) is 4.88. The zero-order valence-corrected chi connectivity index (χ0v) is 10.9. The highest BCUT2D eigenvalue weighted by Gasteiger charge is 2.18. The second-order valence-electron chi connectivity index (χ2n) is 4.88. The first-order valence-electron chi connectivity index (χ1n) is 6.03. The van der Waals surface area contributed by atoms with Crippen molar-refractivity contribution in [3.63, 3.8) is 0 Å². The summed E-state index contributed by atoms with van der Waals surface area (Å²) in [5.41, 5.74) is 5.65. The molecule has 0 aromatic rings. The Morgan fingerprint density at radius 3 is 2.31 bits per heavy atom. The molecule has 3 atom stereocenters. The number of aliphatic hydroxyl groups excluding tert-OH is 1. The lowest BCUT2D eigenvalue weighted by Gasteiger charge is -2.22. The first-order chi connectivity index (χ1) is 7.34. The maximum Gasteiger partial charge on any atom is 0.225 e. The summed E-state index contributed by atoms with van der Waals surface area (Å²) in [5, 5.41) is 9.19. The maximum atomic E-state index is 11.8. The number of hydrogen-bond acceptors (Lipinski definition) is 3. The Hall–Kier alpha value is -0.610. The van der Waals surface area contributed by atoms with Gasteiger partial charge in [-0.3, -0.25) is 4.79 Å². The van der Waals surface area contributed by atoms with Gasteiger partial charge in [0.25, 0.3) is 0 Å². The van der Waals surface area contributed by atoms with Gasteiger partial charge in [-0.15, -0.1) is 0 Å². The first kappa shape index (κ1) is 15.4. The quantitative estimate of drug-likeness (QED) is 0.685. The van der Waals surface area contributed by atoms with Crippen molar-refractivity contribution in [1.82, 2.24) is 4.90 Å². The average molecular weight is 230 g/mol. The predicted molar refractivity (Wildman–Crippen MR) is 66.0 cm³/mol. The highest BCUT2D eigenvalue weighted by molar-refractivity contribution is 5.78. The molecular formula is C12H26N2O2. The van der Waals surface area contributed by atoms with Gasteiger partial charge in [0, 0.05) is 25.6 Å². The minimum absolute atomic E-state index is 0.0162. The third kappa shape index (κ3) is 6.80. The van der Waals surface area contributed by atoms with Gasteiger partial charge in [0.05, 0.1) is 6.10 Å². The Labute approximate surface area is 98.8 Å². The van der Waals surface area contributed by atoms with Crippen LogP contribution in [0.1, 0.15) is 40.0 Å². The van der Waals surface area contributed by atoms with E-state index in [1.165, 1.54) is 0 Å². The van der Waals surface area contributed by atoms with Crippen LogP contribution in [0.5, 0.6) is 0 Å². The van der Waals surface area contributed by atoms with E-state index >= 15 is 0 Å². The molecule has 0 bridgehead atoms. The number of nitrogens with zero attached hydrogens (tertiary/aromatic N) is 1. The second kappa shape index (κ2) is 7.63. The fourth-order valence-corrected chi connectivity index (χ4v) is 1.73. The summed E-state index contributed by atoms with van der Waals surface area (Å²) in [5.74, 6) is 0.119. The minimum atomic E-state index is -0.467. The molecule has 16 heavy (non-hydrogen) atoms. The maximum absolute atomic E-state index is 11.8. The predicted octanol–water partition coefficient (Wildman–Crippen LogP) is 0.979. The van der Waals surface area contributed by atoms with Crippen LogP contribution in [0.4, 0.5) is 0 Å². The van der Waals surface area contributed by atoms with Crippen molar-refractivity contribution in [1.29, 1.82) is 0 Å². The van der Waals surface area contributed by atoms with Crippen LogP contribution in [0.2, 0.25) is 0 Å². The average Bonchev–Trinajstić information content (AvgIpc) is 2.14. The number of likely N-dealkylation sites (N-methyl/N-ethyl adjacent to an activating group) is 1. The van der Waals surface area contributed by atoms with Gasteiger partial charge in [0.2, 0.25) is 5.91 Å². The smallest absolute Gasteiger partial charge is 0.225 e. The molecule has 96 valence electrons. The van der Waals surface area contributed by atoms with Gasteiger partial charge in [0.15, 0.2) is 0 Å². The lowest BCUT2D eigenvalue weighted by atomic mass is 10.0. The molecule has 0 rings (SSSR count). The molecule has 0 aliphatic rings. The molecule has 0 aliphatic heterocycles. The highest BCUT2D eigenvalue weighted by atomic mass is 16.3. The standard InChI is InChI=1S/C12H26N2O2/c1-9(6-5-7-10(2)13)12(16)14(4)8-11(3)15/h9-11,15H,5-8,13H2,1-4H3.